The summed E-state index contributed by atoms with van der Waals surface area (Å²) in [6, 6.07) is 6.14. The van der Waals surface area contributed by atoms with E-state index in [1.807, 2.05) is 0 Å². The third kappa shape index (κ3) is 2.69. The van der Waals surface area contributed by atoms with Crippen LogP contribution >= 0.6 is 12.6 Å². The lowest BCUT2D eigenvalue weighted by atomic mass is 10.0. The highest BCUT2D eigenvalue weighted by Crippen LogP contribution is 2.33. The van der Waals surface area contributed by atoms with Crippen molar-refractivity contribution in [2.75, 3.05) is 0 Å². The van der Waals surface area contributed by atoms with Crippen molar-refractivity contribution < 1.29 is 8.78 Å². The summed E-state index contributed by atoms with van der Waals surface area (Å²) in [5.74, 6) is -2.71. The van der Waals surface area contributed by atoms with Crippen molar-refractivity contribution in [1.29, 1.82) is 0 Å². The van der Waals surface area contributed by atoms with Gasteiger partial charge in [-0.2, -0.15) is 0 Å². The average molecular weight is 202 g/mol. The molecular weight excluding hydrogens is 190 g/mol. The minimum Gasteiger partial charge on any atom is -0.201 e. The molecule has 0 aromatic heterocycles. The zero-order valence-electron chi connectivity index (χ0n) is 7.43. The van der Waals surface area contributed by atoms with Gasteiger partial charge in [-0.1, -0.05) is 25.5 Å². The maximum atomic E-state index is 13.3. The van der Waals surface area contributed by atoms with Crippen LogP contribution in [0, 0.1) is 0 Å². The van der Waals surface area contributed by atoms with Gasteiger partial charge in [-0.3, -0.25) is 0 Å². The van der Waals surface area contributed by atoms with E-state index < -0.39 is 5.92 Å². The van der Waals surface area contributed by atoms with E-state index in [1.54, 1.807) is 19.1 Å². The van der Waals surface area contributed by atoms with Crippen LogP contribution in [0.4, 0.5) is 8.78 Å². The topological polar surface area (TPSA) is 0 Å². The fraction of sp³-hybridized carbons (Fsp3) is 0.400. The molecule has 0 spiro atoms. The largest absolute Gasteiger partial charge is 0.273 e. The lowest BCUT2D eigenvalue weighted by molar-refractivity contribution is -0.0142. The molecule has 0 amide bonds. The molecule has 0 aliphatic carbocycles. The molecule has 1 aromatic rings. The Labute approximate surface area is 82.4 Å². The minimum absolute atomic E-state index is 0.0573. The fourth-order valence-electron chi connectivity index (χ4n) is 1.19. The number of halogens is 2. The summed E-state index contributed by atoms with van der Waals surface area (Å²) in [7, 11) is 0. The summed E-state index contributed by atoms with van der Waals surface area (Å²) in [6.45, 7) is 1.75. The molecule has 1 rings (SSSR count). The number of benzene rings is 1. The predicted molar refractivity (Wildman–Crippen MR) is 52.5 cm³/mol. The molecule has 0 fully saturated rings. The van der Waals surface area contributed by atoms with Gasteiger partial charge in [0.1, 0.15) is 0 Å². The highest BCUT2D eigenvalue weighted by atomic mass is 32.1. The smallest absolute Gasteiger partial charge is 0.201 e. The average Bonchev–Trinajstić information content (AvgIpc) is 2.04. The highest BCUT2D eigenvalue weighted by molar-refractivity contribution is 7.80. The second kappa shape index (κ2) is 4.09. The molecule has 0 unspecified atom stereocenters. The van der Waals surface area contributed by atoms with Crippen molar-refractivity contribution in [3.8, 4) is 0 Å². The Balaban J connectivity index is 2.93. The second-order valence-corrected chi connectivity index (χ2v) is 3.52. The van der Waals surface area contributed by atoms with Crippen LogP contribution in [0.5, 0.6) is 0 Å². The minimum atomic E-state index is -2.71. The van der Waals surface area contributed by atoms with Gasteiger partial charge in [0.2, 0.25) is 0 Å². The molecular formula is C10H12F2S. The number of thiol groups is 1. The molecule has 0 nitrogen and oxygen atoms in total. The maximum absolute atomic E-state index is 13.3. The first-order valence-electron chi connectivity index (χ1n) is 4.23. The zero-order valence-corrected chi connectivity index (χ0v) is 8.32. The van der Waals surface area contributed by atoms with Crippen molar-refractivity contribution in [2.24, 2.45) is 0 Å². The lowest BCUT2D eigenvalue weighted by Crippen LogP contribution is -2.12. The first-order valence-corrected chi connectivity index (χ1v) is 4.68. The van der Waals surface area contributed by atoms with Gasteiger partial charge in [-0.05, 0) is 12.1 Å². The summed E-state index contributed by atoms with van der Waals surface area (Å²) in [5.41, 5.74) is 0.0573. The van der Waals surface area contributed by atoms with Gasteiger partial charge >= 0.3 is 0 Å². The molecule has 0 atom stereocenters. The Hall–Kier alpha value is -0.570. The van der Waals surface area contributed by atoms with E-state index in [1.165, 1.54) is 12.1 Å². The first-order chi connectivity index (χ1) is 6.06. The molecule has 0 radical (unpaired) electrons. The van der Waals surface area contributed by atoms with E-state index in [-0.39, 0.29) is 12.0 Å². The van der Waals surface area contributed by atoms with Gasteiger partial charge in [0.15, 0.2) is 0 Å². The number of alkyl halides is 2. The molecule has 0 aliphatic heterocycles. The van der Waals surface area contributed by atoms with E-state index in [0.717, 1.165) is 0 Å². The van der Waals surface area contributed by atoms with E-state index in [2.05, 4.69) is 12.6 Å². The summed E-state index contributed by atoms with van der Waals surface area (Å²) in [4.78, 5) is 0.577. The highest BCUT2D eigenvalue weighted by Gasteiger charge is 2.29. The molecule has 0 bridgehead atoms. The third-order valence-electron chi connectivity index (χ3n) is 1.83. The van der Waals surface area contributed by atoms with E-state index >= 15 is 0 Å². The Morgan fingerprint density at radius 3 is 2.62 bits per heavy atom. The van der Waals surface area contributed by atoms with Gasteiger partial charge in [-0.25, -0.2) is 8.78 Å². The third-order valence-corrected chi connectivity index (χ3v) is 2.11. The number of rotatable bonds is 3. The van der Waals surface area contributed by atoms with Gasteiger partial charge in [0.25, 0.3) is 5.92 Å². The summed E-state index contributed by atoms with van der Waals surface area (Å²) < 4.78 is 26.6. The van der Waals surface area contributed by atoms with Crippen molar-refractivity contribution in [3.05, 3.63) is 29.8 Å². The number of hydrogen-bond acceptors (Lipinski definition) is 1. The monoisotopic (exact) mass is 202 g/mol. The van der Waals surface area contributed by atoms with Crippen LogP contribution in [0.1, 0.15) is 25.3 Å². The van der Waals surface area contributed by atoms with Crippen molar-refractivity contribution in [1.82, 2.24) is 0 Å². The van der Waals surface area contributed by atoms with Crippen LogP contribution in [-0.2, 0) is 5.92 Å². The Bertz CT molecular complexity index is 284. The van der Waals surface area contributed by atoms with Gasteiger partial charge in [0.05, 0.1) is 0 Å². The molecule has 0 saturated carbocycles. The summed E-state index contributed by atoms with van der Waals surface area (Å²) in [6.07, 6.45) is 0.369. The molecule has 1 aromatic carbocycles. The van der Waals surface area contributed by atoms with Crippen LogP contribution in [0.25, 0.3) is 0 Å². The SMILES string of the molecule is CCCC(F)(F)c1cccc(S)c1. The van der Waals surface area contributed by atoms with Crippen LogP contribution in [0.2, 0.25) is 0 Å². The molecule has 0 N–H and O–H groups in total. The van der Waals surface area contributed by atoms with Crippen LogP contribution < -0.4 is 0 Å². The summed E-state index contributed by atoms with van der Waals surface area (Å²) in [5, 5.41) is 0. The Morgan fingerprint density at radius 2 is 2.08 bits per heavy atom. The van der Waals surface area contributed by atoms with Gasteiger partial charge in [-0.15, -0.1) is 12.6 Å². The standard InChI is InChI=1S/C10H12F2S/c1-2-6-10(11,12)8-4-3-5-9(13)7-8/h3-5,7,13H,2,6H2,1H3. The van der Waals surface area contributed by atoms with Crippen LogP contribution in [0.3, 0.4) is 0 Å². The van der Waals surface area contributed by atoms with Gasteiger partial charge < -0.3 is 0 Å². The molecule has 3 heteroatoms. The number of hydrogen-bond donors (Lipinski definition) is 1. The Kier molecular flexibility index (Phi) is 3.31. The van der Waals surface area contributed by atoms with E-state index in [0.29, 0.717) is 11.3 Å². The molecule has 72 valence electrons. The van der Waals surface area contributed by atoms with E-state index in [4.69, 9.17) is 0 Å². The quantitative estimate of drug-likeness (QED) is 0.707. The summed E-state index contributed by atoms with van der Waals surface area (Å²) >= 11 is 4.02. The molecule has 0 saturated heterocycles. The predicted octanol–water partition coefficient (Wildman–Crippen LogP) is 3.87. The molecule has 0 aliphatic rings. The van der Waals surface area contributed by atoms with Crippen LogP contribution in [-0.4, -0.2) is 0 Å². The Morgan fingerprint density at radius 1 is 1.38 bits per heavy atom. The van der Waals surface area contributed by atoms with Crippen molar-refractivity contribution in [2.45, 2.75) is 30.6 Å². The van der Waals surface area contributed by atoms with Crippen LogP contribution in [0.15, 0.2) is 29.2 Å². The van der Waals surface area contributed by atoms with Crippen molar-refractivity contribution >= 4 is 12.6 Å². The zero-order chi connectivity index (χ0) is 9.90. The molecule has 0 heterocycles. The normalized spacial score (nSPS) is 11.7. The second-order valence-electron chi connectivity index (χ2n) is 3.00. The van der Waals surface area contributed by atoms with E-state index in [9.17, 15) is 8.78 Å². The first kappa shape index (κ1) is 10.5. The van der Waals surface area contributed by atoms with Crippen molar-refractivity contribution in [3.63, 3.8) is 0 Å². The fourth-order valence-corrected chi connectivity index (χ4v) is 1.42. The lowest BCUT2D eigenvalue weighted by Gasteiger charge is -2.15. The van der Waals surface area contributed by atoms with Gasteiger partial charge in [0, 0.05) is 16.9 Å². The maximum Gasteiger partial charge on any atom is 0.273 e. The molecule has 13 heavy (non-hydrogen) atoms.